The third-order valence-corrected chi connectivity index (χ3v) is 12.0. The van der Waals surface area contributed by atoms with E-state index < -0.39 is 0 Å². The third-order valence-electron chi connectivity index (χ3n) is 12.0. The number of para-hydroxylation sites is 2. The van der Waals surface area contributed by atoms with Crippen LogP contribution in [0.3, 0.4) is 0 Å². The quantitative estimate of drug-likeness (QED) is 0.260. The number of nitrogens with zero attached hydrogens (tertiary/aromatic N) is 5. The lowest BCUT2D eigenvalue weighted by molar-refractivity contribution is 0.928. The number of rotatable bonds is 5. The molecule has 0 radical (unpaired) electrons. The van der Waals surface area contributed by atoms with Crippen LogP contribution in [0.1, 0.15) is 18.7 Å². The highest BCUT2D eigenvalue weighted by Crippen LogP contribution is 2.42. The van der Waals surface area contributed by atoms with Gasteiger partial charge < -0.3 is 4.57 Å². The van der Waals surface area contributed by atoms with Gasteiger partial charge in [0, 0.05) is 38.4 Å². The normalized spacial score (nSPS) is 13.0. The van der Waals surface area contributed by atoms with Gasteiger partial charge in [0.05, 0.1) is 22.1 Å². The first-order valence-electron chi connectivity index (χ1n) is 19.2. The lowest BCUT2D eigenvalue weighted by Gasteiger charge is -2.22. The van der Waals surface area contributed by atoms with Crippen LogP contribution in [0.5, 0.6) is 0 Å². The molecule has 10 heteroatoms. The number of allylic oxidation sites excluding steroid dienone is 4. The Morgan fingerprint density at radius 2 is 1.00 bits per heavy atom. The molecular weight excluding hydrogens is 665 g/mol. The van der Waals surface area contributed by atoms with E-state index >= 15 is 0 Å². The Balaban J connectivity index is 1.31. The molecule has 0 spiro atoms. The molecule has 0 aliphatic heterocycles. The highest BCUT2D eigenvalue weighted by atomic mass is 15.2. The first-order chi connectivity index (χ1) is 26.9. The van der Waals surface area contributed by atoms with Crippen LogP contribution < -0.4 is 27.3 Å². The molecule has 9 aromatic rings. The van der Waals surface area contributed by atoms with E-state index in [2.05, 4.69) is 182 Å². The second-order valence-electron chi connectivity index (χ2n) is 14.9. The monoisotopic (exact) mass is 701 g/mol. The highest BCUT2D eigenvalue weighted by molar-refractivity contribution is 6.68. The van der Waals surface area contributed by atoms with E-state index in [4.69, 9.17) is 15.0 Å². The molecule has 0 saturated heterocycles. The standard InChI is InChI=1S/C45H36B5N5/c46-37-38(47)40(49)42(41(50)39(37)48)54-31-21-11-9-19-29(31)35-33(54)23-24-34-36(35)30-20-10-12-22-32(30)55(34)45-52-43(26-15-5-2-6-16-26)51-44(53-45)28-18-8-7-17-27(28)25-13-3-1-4-14-25/h1,3-5,7-24H,2,6,46-50H2. The summed E-state index contributed by atoms with van der Waals surface area (Å²) >= 11 is 0. The van der Waals surface area contributed by atoms with Crippen LogP contribution in [0.15, 0.2) is 133 Å². The first-order valence-corrected chi connectivity index (χ1v) is 19.2. The van der Waals surface area contributed by atoms with Gasteiger partial charge in [-0.05, 0) is 48.2 Å². The Morgan fingerprint density at radius 1 is 0.455 bits per heavy atom. The zero-order valence-electron chi connectivity index (χ0n) is 31.9. The van der Waals surface area contributed by atoms with E-state index in [0.717, 1.165) is 46.1 Å². The fraction of sp³-hybridized carbons (Fsp3) is 0.0444. The molecule has 0 N–H and O–H groups in total. The van der Waals surface area contributed by atoms with Crippen molar-refractivity contribution in [1.29, 1.82) is 0 Å². The summed E-state index contributed by atoms with van der Waals surface area (Å²) in [6.45, 7) is 0. The fourth-order valence-corrected chi connectivity index (χ4v) is 8.83. The summed E-state index contributed by atoms with van der Waals surface area (Å²) in [5, 5.41) is 4.83. The number of hydrogen-bond acceptors (Lipinski definition) is 3. The third kappa shape index (κ3) is 5.11. The van der Waals surface area contributed by atoms with Crippen molar-refractivity contribution in [3.63, 3.8) is 0 Å². The Labute approximate surface area is 324 Å². The van der Waals surface area contributed by atoms with Crippen LogP contribution in [0, 0.1) is 0 Å². The molecule has 3 aromatic heterocycles. The Bertz CT molecular complexity index is 3080. The SMILES string of the molecule is Bc1c(B)c(B)c(-n2c3ccccc3c3c4c5ccccc5n(-c5nc(C6=CCCC=C6)nc(-c6ccccc6-c6ccccc6)n5)c4ccc32)c(B)c1B. The van der Waals surface area contributed by atoms with Crippen molar-refractivity contribution in [1.82, 2.24) is 24.1 Å². The number of fused-ring (bicyclic) bond motifs is 7. The van der Waals surface area contributed by atoms with Crippen LogP contribution in [0.2, 0.25) is 0 Å². The number of hydrogen-bond donors (Lipinski definition) is 0. The first kappa shape index (κ1) is 33.3. The van der Waals surface area contributed by atoms with Crippen molar-refractivity contribution in [2.45, 2.75) is 12.8 Å². The van der Waals surface area contributed by atoms with Gasteiger partial charge in [-0.25, -0.2) is 4.98 Å². The van der Waals surface area contributed by atoms with Gasteiger partial charge in [-0.3, -0.25) is 4.57 Å². The highest BCUT2D eigenvalue weighted by Gasteiger charge is 2.25. The second kappa shape index (κ2) is 12.9. The van der Waals surface area contributed by atoms with Crippen LogP contribution in [-0.4, -0.2) is 63.3 Å². The molecule has 55 heavy (non-hydrogen) atoms. The van der Waals surface area contributed by atoms with E-state index in [1.54, 1.807) is 0 Å². The van der Waals surface area contributed by atoms with Crippen molar-refractivity contribution >= 4 is 116 Å². The maximum Gasteiger partial charge on any atom is 0.238 e. The van der Waals surface area contributed by atoms with Crippen LogP contribution in [-0.2, 0) is 0 Å². The largest absolute Gasteiger partial charge is 0.310 e. The van der Waals surface area contributed by atoms with Crippen LogP contribution in [0.25, 0.3) is 83.3 Å². The van der Waals surface area contributed by atoms with E-state index in [-0.39, 0.29) is 0 Å². The van der Waals surface area contributed by atoms with Crippen molar-refractivity contribution in [3.8, 4) is 34.2 Å². The van der Waals surface area contributed by atoms with E-state index in [9.17, 15) is 0 Å². The average Bonchev–Trinajstić information content (AvgIpc) is 3.75. The van der Waals surface area contributed by atoms with Gasteiger partial charge in [-0.2, -0.15) is 9.97 Å². The maximum atomic E-state index is 5.36. The summed E-state index contributed by atoms with van der Waals surface area (Å²) in [6, 6.07) is 41.1. The molecule has 0 saturated carbocycles. The van der Waals surface area contributed by atoms with Gasteiger partial charge in [0.1, 0.15) is 39.2 Å². The van der Waals surface area contributed by atoms with Crippen LogP contribution >= 0.6 is 0 Å². The van der Waals surface area contributed by atoms with Gasteiger partial charge in [0.2, 0.25) is 5.95 Å². The molecule has 5 nitrogen and oxygen atoms in total. The Morgan fingerprint density at radius 3 is 1.65 bits per heavy atom. The summed E-state index contributed by atoms with van der Waals surface area (Å²) in [7, 11) is 11.3. The minimum Gasteiger partial charge on any atom is -0.310 e. The molecule has 6 aromatic carbocycles. The lowest BCUT2D eigenvalue weighted by Crippen LogP contribution is -2.56. The zero-order chi connectivity index (χ0) is 37.4. The average molecular weight is 701 g/mol. The molecular formula is C45H36B5N5. The molecule has 3 heterocycles. The molecule has 1 aliphatic carbocycles. The molecule has 0 unspecified atom stereocenters. The molecule has 0 fully saturated rings. The number of benzene rings is 6. The minimum absolute atomic E-state index is 0.605. The summed E-state index contributed by atoms with van der Waals surface area (Å²) in [4.78, 5) is 15.8. The Kier molecular flexibility index (Phi) is 7.84. The van der Waals surface area contributed by atoms with Crippen molar-refractivity contribution in [2.75, 3.05) is 0 Å². The Hall–Kier alpha value is -6.27. The maximum absolute atomic E-state index is 5.36. The smallest absolute Gasteiger partial charge is 0.238 e. The lowest BCUT2D eigenvalue weighted by atomic mass is 9.61. The predicted molar refractivity (Wildman–Crippen MR) is 247 cm³/mol. The molecule has 0 bridgehead atoms. The summed E-state index contributed by atoms with van der Waals surface area (Å²) < 4.78 is 4.75. The van der Waals surface area contributed by atoms with E-state index in [1.165, 1.54) is 65.6 Å². The fourth-order valence-electron chi connectivity index (χ4n) is 8.83. The van der Waals surface area contributed by atoms with Crippen LogP contribution in [0.4, 0.5) is 0 Å². The van der Waals surface area contributed by atoms with E-state index in [0.29, 0.717) is 17.6 Å². The van der Waals surface area contributed by atoms with Gasteiger partial charge in [0.15, 0.2) is 11.6 Å². The van der Waals surface area contributed by atoms with Gasteiger partial charge >= 0.3 is 0 Å². The predicted octanol–water partition coefficient (Wildman–Crippen LogP) is 2.43. The summed E-state index contributed by atoms with van der Waals surface area (Å²) in [5.41, 5.74) is 16.7. The van der Waals surface area contributed by atoms with Crippen molar-refractivity contribution in [2.24, 2.45) is 0 Å². The van der Waals surface area contributed by atoms with Crippen molar-refractivity contribution in [3.05, 3.63) is 139 Å². The molecule has 256 valence electrons. The summed E-state index contributed by atoms with van der Waals surface area (Å²) in [5.74, 6) is 1.94. The molecule has 1 aliphatic rings. The van der Waals surface area contributed by atoms with Gasteiger partial charge in [-0.15, -0.1) is 5.46 Å². The molecule has 0 amide bonds. The van der Waals surface area contributed by atoms with Gasteiger partial charge in [-0.1, -0.05) is 131 Å². The minimum atomic E-state index is 0.605. The number of aromatic nitrogens is 5. The van der Waals surface area contributed by atoms with E-state index in [1.807, 2.05) is 0 Å². The van der Waals surface area contributed by atoms with Crippen molar-refractivity contribution < 1.29 is 0 Å². The summed E-state index contributed by atoms with van der Waals surface area (Å²) in [6.07, 6.45) is 8.58. The van der Waals surface area contributed by atoms with Gasteiger partial charge in [0.25, 0.3) is 0 Å². The molecule has 10 rings (SSSR count). The zero-order valence-corrected chi connectivity index (χ0v) is 31.9. The molecule has 0 atom stereocenters. The topological polar surface area (TPSA) is 48.5 Å². The second-order valence-corrected chi connectivity index (χ2v) is 14.9.